The van der Waals surface area contributed by atoms with Crippen LogP contribution in [0.4, 0.5) is 0 Å². The van der Waals surface area contributed by atoms with Crippen LogP contribution in [-0.2, 0) is 0 Å². The maximum Gasteiger partial charge on any atom is 0.251 e. The SMILES string of the molecule is Cc1c(O)cccc1C(=O)NCC(C)(C)CCBr. The normalized spacial score (nSPS) is 11.3. The molecule has 3 nitrogen and oxygen atoms in total. The number of benzene rings is 1. The summed E-state index contributed by atoms with van der Waals surface area (Å²) in [5.41, 5.74) is 1.21. The number of amides is 1. The zero-order chi connectivity index (χ0) is 13.8. The molecule has 0 atom stereocenters. The number of carbonyl (C=O) groups is 1. The molecule has 0 fully saturated rings. The summed E-state index contributed by atoms with van der Waals surface area (Å²) in [6, 6.07) is 4.99. The van der Waals surface area contributed by atoms with Gasteiger partial charge in [-0.2, -0.15) is 0 Å². The van der Waals surface area contributed by atoms with Crippen molar-refractivity contribution in [2.75, 3.05) is 11.9 Å². The third kappa shape index (κ3) is 4.02. The van der Waals surface area contributed by atoms with Gasteiger partial charge in [0.15, 0.2) is 0 Å². The van der Waals surface area contributed by atoms with E-state index in [0.29, 0.717) is 17.7 Å². The summed E-state index contributed by atoms with van der Waals surface area (Å²) in [6.45, 7) is 6.59. The first-order valence-corrected chi connectivity index (χ1v) is 7.12. The van der Waals surface area contributed by atoms with Crippen molar-refractivity contribution in [2.45, 2.75) is 27.2 Å². The highest BCUT2D eigenvalue weighted by atomic mass is 79.9. The number of nitrogens with one attached hydrogen (secondary N) is 1. The van der Waals surface area contributed by atoms with Crippen molar-refractivity contribution < 1.29 is 9.90 Å². The second kappa shape index (κ2) is 6.23. The van der Waals surface area contributed by atoms with E-state index >= 15 is 0 Å². The average Bonchev–Trinajstić information content (AvgIpc) is 2.30. The van der Waals surface area contributed by atoms with Crippen LogP contribution in [0.2, 0.25) is 0 Å². The second-order valence-electron chi connectivity index (χ2n) is 5.24. The average molecular weight is 314 g/mol. The maximum atomic E-state index is 12.0. The maximum absolute atomic E-state index is 12.0. The Kier molecular flexibility index (Phi) is 5.20. The molecule has 1 rings (SSSR count). The lowest BCUT2D eigenvalue weighted by Gasteiger charge is -2.24. The second-order valence-corrected chi connectivity index (χ2v) is 6.03. The predicted molar refractivity (Wildman–Crippen MR) is 77.4 cm³/mol. The topological polar surface area (TPSA) is 49.3 Å². The van der Waals surface area contributed by atoms with E-state index in [1.165, 1.54) is 0 Å². The molecule has 0 heterocycles. The third-order valence-electron chi connectivity index (χ3n) is 3.05. The molecule has 0 saturated heterocycles. The van der Waals surface area contributed by atoms with Crippen molar-refractivity contribution >= 4 is 21.8 Å². The van der Waals surface area contributed by atoms with Gasteiger partial charge in [0, 0.05) is 23.0 Å². The van der Waals surface area contributed by atoms with Gasteiger partial charge in [0.25, 0.3) is 5.91 Å². The fourth-order valence-electron chi connectivity index (χ4n) is 1.63. The highest BCUT2D eigenvalue weighted by Gasteiger charge is 2.19. The summed E-state index contributed by atoms with van der Waals surface area (Å²) in [5.74, 6) is 0.0217. The van der Waals surface area contributed by atoms with Crippen LogP contribution in [0.15, 0.2) is 18.2 Å². The summed E-state index contributed by atoms with van der Waals surface area (Å²) in [4.78, 5) is 12.0. The molecule has 1 amide bonds. The smallest absolute Gasteiger partial charge is 0.251 e. The van der Waals surface area contributed by atoms with Crippen molar-refractivity contribution in [2.24, 2.45) is 5.41 Å². The molecule has 18 heavy (non-hydrogen) atoms. The fraction of sp³-hybridized carbons (Fsp3) is 0.500. The standard InChI is InChI=1S/C14H20BrNO2/c1-10-11(5-4-6-12(10)17)13(18)16-9-14(2,3)7-8-15/h4-6,17H,7-9H2,1-3H3,(H,16,18). The molecule has 0 bridgehead atoms. The van der Waals surface area contributed by atoms with Crippen LogP contribution in [0.1, 0.15) is 36.2 Å². The van der Waals surface area contributed by atoms with Crippen LogP contribution >= 0.6 is 15.9 Å². The number of halogens is 1. The summed E-state index contributed by atoms with van der Waals surface area (Å²) in [5, 5.41) is 13.4. The van der Waals surface area contributed by atoms with Gasteiger partial charge >= 0.3 is 0 Å². The van der Waals surface area contributed by atoms with E-state index in [-0.39, 0.29) is 17.1 Å². The molecular formula is C14H20BrNO2. The Morgan fingerprint density at radius 3 is 2.72 bits per heavy atom. The van der Waals surface area contributed by atoms with Crippen molar-refractivity contribution in [3.8, 4) is 5.75 Å². The Morgan fingerprint density at radius 2 is 2.11 bits per heavy atom. The quantitative estimate of drug-likeness (QED) is 0.820. The summed E-state index contributed by atoms with van der Waals surface area (Å²) in [6.07, 6.45) is 0.992. The van der Waals surface area contributed by atoms with E-state index < -0.39 is 0 Å². The lowest BCUT2D eigenvalue weighted by atomic mass is 9.90. The zero-order valence-electron chi connectivity index (χ0n) is 11.1. The van der Waals surface area contributed by atoms with Gasteiger partial charge < -0.3 is 10.4 Å². The lowest BCUT2D eigenvalue weighted by molar-refractivity contribution is 0.0935. The molecule has 4 heteroatoms. The van der Waals surface area contributed by atoms with Crippen LogP contribution in [-0.4, -0.2) is 22.9 Å². The number of phenolic OH excluding ortho intramolecular Hbond substituents is 1. The molecule has 0 aliphatic heterocycles. The van der Waals surface area contributed by atoms with Gasteiger partial charge in [0.1, 0.15) is 5.75 Å². The van der Waals surface area contributed by atoms with Crippen LogP contribution in [0.3, 0.4) is 0 Å². The molecule has 0 radical (unpaired) electrons. The number of rotatable bonds is 5. The highest BCUT2D eigenvalue weighted by molar-refractivity contribution is 9.09. The first-order chi connectivity index (χ1) is 8.37. The van der Waals surface area contributed by atoms with Crippen molar-refractivity contribution in [3.63, 3.8) is 0 Å². The molecule has 0 aliphatic carbocycles. The molecule has 100 valence electrons. The van der Waals surface area contributed by atoms with Gasteiger partial charge in [0.05, 0.1) is 0 Å². The van der Waals surface area contributed by atoms with E-state index in [9.17, 15) is 9.90 Å². The van der Waals surface area contributed by atoms with Crippen LogP contribution in [0.5, 0.6) is 5.75 Å². The molecule has 0 saturated carbocycles. The molecule has 0 aliphatic rings. The minimum atomic E-state index is -0.133. The highest BCUT2D eigenvalue weighted by Crippen LogP contribution is 2.22. The van der Waals surface area contributed by atoms with Gasteiger partial charge in [-0.3, -0.25) is 4.79 Å². The first kappa shape index (κ1) is 15.0. The van der Waals surface area contributed by atoms with E-state index in [1.807, 2.05) is 0 Å². The number of hydrogen-bond acceptors (Lipinski definition) is 2. The Hall–Kier alpha value is -1.03. The van der Waals surface area contributed by atoms with Crippen LogP contribution in [0, 0.1) is 12.3 Å². The van der Waals surface area contributed by atoms with E-state index in [2.05, 4.69) is 35.1 Å². The van der Waals surface area contributed by atoms with Crippen molar-refractivity contribution in [1.29, 1.82) is 0 Å². The number of aromatic hydroxyl groups is 1. The number of phenols is 1. The van der Waals surface area contributed by atoms with E-state index in [4.69, 9.17) is 0 Å². The first-order valence-electron chi connectivity index (χ1n) is 6.00. The minimum absolute atomic E-state index is 0.0594. The van der Waals surface area contributed by atoms with Crippen LogP contribution in [0.25, 0.3) is 0 Å². The predicted octanol–water partition coefficient (Wildman–Crippen LogP) is 3.24. The summed E-state index contributed by atoms with van der Waals surface area (Å²) >= 11 is 3.41. The molecule has 2 N–H and O–H groups in total. The molecule has 0 unspecified atom stereocenters. The Labute approximate surface area is 117 Å². The Morgan fingerprint density at radius 1 is 1.44 bits per heavy atom. The molecule has 1 aromatic rings. The lowest BCUT2D eigenvalue weighted by Crippen LogP contribution is -2.34. The van der Waals surface area contributed by atoms with Crippen molar-refractivity contribution in [3.05, 3.63) is 29.3 Å². The fourth-order valence-corrected chi connectivity index (χ4v) is 2.70. The third-order valence-corrected chi connectivity index (χ3v) is 3.45. The molecule has 1 aromatic carbocycles. The monoisotopic (exact) mass is 313 g/mol. The Bertz CT molecular complexity index is 430. The van der Waals surface area contributed by atoms with Gasteiger partial charge in [-0.15, -0.1) is 0 Å². The summed E-state index contributed by atoms with van der Waals surface area (Å²) < 4.78 is 0. The summed E-state index contributed by atoms with van der Waals surface area (Å²) in [7, 11) is 0. The van der Waals surface area contributed by atoms with Gasteiger partial charge in [-0.1, -0.05) is 35.8 Å². The minimum Gasteiger partial charge on any atom is -0.508 e. The van der Waals surface area contributed by atoms with E-state index in [0.717, 1.165) is 11.8 Å². The molecule has 0 aromatic heterocycles. The zero-order valence-corrected chi connectivity index (χ0v) is 12.7. The Balaban J connectivity index is 2.69. The van der Waals surface area contributed by atoms with Gasteiger partial charge in [-0.25, -0.2) is 0 Å². The number of alkyl halides is 1. The van der Waals surface area contributed by atoms with Crippen molar-refractivity contribution in [1.82, 2.24) is 5.32 Å². The molecule has 0 spiro atoms. The number of carbonyl (C=O) groups excluding carboxylic acids is 1. The van der Waals surface area contributed by atoms with E-state index in [1.54, 1.807) is 25.1 Å². The van der Waals surface area contributed by atoms with Gasteiger partial charge in [0.2, 0.25) is 0 Å². The van der Waals surface area contributed by atoms with Gasteiger partial charge in [-0.05, 0) is 30.9 Å². The largest absolute Gasteiger partial charge is 0.508 e. The van der Waals surface area contributed by atoms with Crippen LogP contribution < -0.4 is 5.32 Å². The molecular weight excluding hydrogens is 294 g/mol. The number of hydrogen-bond donors (Lipinski definition) is 2.